The summed E-state index contributed by atoms with van der Waals surface area (Å²) in [5.41, 5.74) is 1.08. The van der Waals surface area contributed by atoms with Crippen LogP contribution in [0, 0.1) is 0 Å². The van der Waals surface area contributed by atoms with Gasteiger partial charge < -0.3 is 10.2 Å². The summed E-state index contributed by atoms with van der Waals surface area (Å²) < 4.78 is 4.01. The molecule has 5 heteroatoms. The number of nitrogens with zero attached hydrogens (tertiary/aromatic N) is 3. The highest BCUT2D eigenvalue weighted by atomic mass is 32.1. The molecule has 1 aromatic heterocycles. The maximum absolute atomic E-state index is 4.18. The van der Waals surface area contributed by atoms with Crippen molar-refractivity contribution in [2.24, 2.45) is 0 Å². The van der Waals surface area contributed by atoms with Crippen LogP contribution in [0.5, 0.6) is 0 Å². The Kier molecular flexibility index (Phi) is 6.33. The van der Waals surface area contributed by atoms with Gasteiger partial charge in [-0.05, 0) is 26.4 Å². The van der Waals surface area contributed by atoms with Crippen LogP contribution in [-0.4, -0.2) is 34.6 Å². The molecule has 1 aromatic rings. The molecule has 0 aromatic carbocycles. The number of nitrogens with one attached hydrogen (secondary N) is 1. The molecule has 0 amide bonds. The van der Waals surface area contributed by atoms with Gasteiger partial charge in [0.15, 0.2) is 0 Å². The van der Waals surface area contributed by atoms with Gasteiger partial charge in [-0.1, -0.05) is 24.8 Å². The predicted octanol–water partition coefficient (Wildman–Crippen LogP) is 2.59. The molecule has 0 unspecified atom stereocenters. The second kappa shape index (κ2) is 7.57. The van der Waals surface area contributed by atoms with Crippen LogP contribution < -0.4 is 5.32 Å². The molecule has 0 aliphatic rings. The third-order valence-corrected chi connectivity index (χ3v) is 3.13. The number of aromatic nitrogens is 2. The average Bonchev–Trinajstić information content (AvgIpc) is 2.71. The molecule has 0 atom stereocenters. The Bertz CT molecular complexity index is 287. The van der Waals surface area contributed by atoms with Crippen LogP contribution in [-0.2, 0) is 6.54 Å². The molecular formula is C11H22N4S. The summed E-state index contributed by atoms with van der Waals surface area (Å²) >= 11 is 1.46. The zero-order valence-electron chi connectivity index (χ0n) is 10.5. The van der Waals surface area contributed by atoms with Gasteiger partial charge in [0.25, 0.3) is 0 Å². The highest BCUT2D eigenvalue weighted by molar-refractivity contribution is 7.10. The van der Waals surface area contributed by atoms with E-state index in [1.54, 1.807) is 0 Å². The lowest BCUT2D eigenvalue weighted by atomic mass is 10.3. The van der Waals surface area contributed by atoms with E-state index in [1.165, 1.54) is 24.4 Å². The van der Waals surface area contributed by atoms with Gasteiger partial charge in [0, 0.05) is 24.6 Å². The molecule has 1 heterocycles. The lowest BCUT2D eigenvalue weighted by molar-refractivity contribution is 0.317. The normalized spacial score (nSPS) is 11.0. The second-order valence-electron chi connectivity index (χ2n) is 4.07. The minimum Gasteiger partial charge on any atom is -0.374 e. The number of hydrogen-bond acceptors (Lipinski definition) is 5. The van der Waals surface area contributed by atoms with Crippen molar-refractivity contribution in [3.05, 3.63) is 5.69 Å². The SMILES string of the molecule is CCCCN(C)Cc1nnsc1NCCC. The first-order chi connectivity index (χ1) is 7.77. The molecule has 92 valence electrons. The molecule has 0 fully saturated rings. The standard InChI is InChI=1S/C11H22N4S/c1-4-6-8-15(3)9-10-11(12-7-5-2)16-14-13-10/h12H,4-9H2,1-3H3. The molecule has 16 heavy (non-hydrogen) atoms. The quantitative estimate of drug-likeness (QED) is 0.761. The van der Waals surface area contributed by atoms with Crippen molar-refractivity contribution in [3.63, 3.8) is 0 Å². The van der Waals surface area contributed by atoms with E-state index in [4.69, 9.17) is 0 Å². The Morgan fingerprint density at radius 1 is 1.31 bits per heavy atom. The molecule has 0 spiro atoms. The molecule has 0 aliphatic heterocycles. The second-order valence-corrected chi connectivity index (χ2v) is 4.82. The van der Waals surface area contributed by atoms with Crippen molar-refractivity contribution < 1.29 is 0 Å². The summed E-state index contributed by atoms with van der Waals surface area (Å²) in [5.74, 6) is 0. The predicted molar refractivity (Wildman–Crippen MR) is 69.9 cm³/mol. The van der Waals surface area contributed by atoms with Crippen molar-refractivity contribution in [2.45, 2.75) is 39.7 Å². The van der Waals surface area contributed by atoms with Crippen molar-refractivity contribution in [2.75, 3.05) is 25.5 Å². The minimum absolute atomic E-state index is 0.891. The lowest BCUT2D eigenvalue weighted by Crippen LogP contribution is -2.20. The molecule has 1 rings (SSSR count). The zero-order valence-corrected chi connectivity index (χ0v) is 11.3. The first-order valence-corrected chi connectivity index (χ1v) is 6.78. The molecule has 0 aliphatic carbocycles. The summed E-state index contributed by atoms with van der Waals surface area (Å²) in [7, 11) is 2.14. The zero-order chi connectivity index (χ0) is 11.8. The Morgan fingerprint density at radius 3 is 2.81 bits per heavy atom. The maximum atomic E-state index is 4.18. The van der Waals surface area contributed by atoms with E-state index in [1.807, 2.05) is 0 Å². The van der Waals surface area contributed by atoms with E-state index in [-0.39, 0.29) is 0 Å². The number of hydrogen-bond donors (Lipinski definition) is 1. The summed E-state index contributed by atoms with van der Waals surface area (Å²) in [5, 5.41) is 8.68. The summed E-state index contributed by atoms with van der Waals surface area (Å²) in [4.78, 5) is 2.30. The highest BCUT2D eigenvalue weighted by Crippen LogP contribution is 2.18. The van der Waals surface area contributed by atoms with Gasteiger partial charge in [-0.25, -0.2) is 0 Å². The first kappa shape index (κ1) is 13.4. The third-order valence-electron chi connectivity index (χ3n) is 2.40. The molecule has 0 saturated heterocycles. The minimum atomic E-state index is 0.891. The summed E-state index contributed by atoms with van der Waals surface area (Å²) in [6.07, 6.45) is 3.61. The van der Waals surface area contributed by atoms with Crippen LogP contribution in [0.1, 0.15) is 38.8 Å². The van der Waals surface area contributed by atoms with Crippen molar-refractivity contribution in [3.8, 4) is 0 Å². The fraction of sp³-hybridized carbons (Fsp3) is 0.818. The van der Waals surface area contributed by atoms with Crippen LogP contribution in [0.25, 0.3) is 0 Å². The molecule has 4 nitrogen and oxygen atoms in total. The fourth-order valence-corrected chi connectivity index (χ4v) is 2.05. The molecular weight excluding hydrogens is 220 g/mol. The molecule has 1 N–H and O–H groups in total. The van der Waals surface area contributed by atoms with E-state index in [9.17, 15) is 0 Å². The van der Waals surface area contributed by atoms with Crippen LogP contribution in [0.4, 0.5) is 5.00 Å². The van der Waals surface area contributed by atoms with Gasteiger partial charge in [-0.3, -0.25) is 0 Å². The maximum Gasteiger partial charge on any atom is 0.134 e. The van der Waals surface area contributed by atoms with Gasteiger partial charge in [0.1, 0.15) is 10.7 Å². The van der Waals surface area contributed by atoms with Gasteiger partial charge in [-0.2, -0.15) is 0 Å². The van der Waals surface area contributed by atoms with Crippen LogP contribution >= 0.6 is 11.5 Å². The summed E-state index contributed by atoms with van der Waals surface area (Å²) in [6, 6.07) is 0. The average molecular weight is 242 g/mol. The number of rotatable bonds is 8. The van der Waals surface area contributed by atoms with E-state index in [2.05, 4.69) is 40.7 Å². The Labute approximate surface area is 102 Å². The van der Waals surface area contributed by atoms with Gasteiger partial charge >= 0.3 is 0 Å². The molecule has 0 saturated carbocycles. The Balaban J connectivity index is 2.42. The van der Waals surface area contributed by atoms with Gasteiger partial charge in [0.2, 0.25) is 0 Å². The Hall–Kier alpha value is -0.680. The largest absolute Gasteiger partial charge is 0.374 e. The van der Waals surface area contributed by atoms with E-state index >= 15 is 0 Å². The number of unbranched alkanes of at least 4 members (excludes halogenated alkanes) is 1. The van der Waals surface area contributed by atoms with E-state index < -0.39 is 0 Å². The van der Waals surface area contributed by atoms with Crippen LogP contribution in [0.3, 0.4) is 0 Å². The first-order valence-electron chi connectivity index (χ1n) is 6.01. The number of anilines is 1. The smallest absolute Gasteiger partial charge is 0.134 e. The molecule has 0 bridgehead atoms. The van der Waals surface area contributed by atoms with E-state index in [0.717, 1.165) is 36.8 Å². The monoisotopic (exact) mass is 242 g/mol. The van der Waals surface area contributed by atoms with Crippen molar-refractivity contribution in [1.82, 2.24) is 14.5 Å². The van der Waals surface area contributed by atoms with Crippen LogP contribution in [0.15, 0.2) is 0 Å². The Morgan fingerprint density at radius 2 is 2.12 bits per heavy atom. The van der Waals surface area contributed by atoms with Crippen molar-refractivity contribution in [1.29, 1.82) is 0 Å². The van der Waals surface area contributed by atoms with Gasteiger partial charge in [-0.15, -0.1) is 5.10 Å². The molecule has 0 radical (unpaired) electrons. The third kappa shape index (κ3) is 4.45. The summed E-state index contributed by atoms with van der Waals surface area (Å²) in [6.45, 7) is 7.39. The van der Waals surface area contributed by atoms with E-state index in [0.29, 0.717) is 0 Å². The van der Waals surface area contributed by atoms with Crippen LogP contribution in [0.2, 0.25) is 0 Å². The van der Waals surface area contributed by atoms with Gasteiger partial charge in [0.05, 0.1) is 0 Å². The topological polar surface area (TPSA) is 41.1 Å². The fourth-order valence-electron chi connectivity index (χ4n) is 1.45. The van der Waals surface area contributed by atoms with Crippen molar-refractivity contribution >= 4 is 16.5 Å². The lowest BCUT2D eigenvalue weighted by Gasteiger charge is -2.15. The highest BCUT2D eigenvalue weighted by Gasteiger charge is 2.09.